The summed E-state index contributed by atoms with van der Waals surface area (Å²) in [6.45, 7) is 2.16. The van der Waals surface area contributed by atoms with E-state index in [-0.39, 0.29) is 10.7 Å². The fraction of sp³-hybridized carbons (Fsp3) is 0.273. The number of thiazole rings is 1. The van der Waals surface area contributed by atoms with Crippen LogP contribution in [0.2, 0.25) is 5.15 Å². The van der Waals surface area contributed by atoms with Gasteiger partial charge in [0.2, 0.25) is 0 Å². The molecule has 0 aliphatic carbocycles. The minimum Gasteiger partial charge on any atom is -0.339 e. The molecule has 3 aromatic heterocycles. The van der Waals surface area contributed by atoms with Gasteiger partial charge in [0.1, 0.15) is 17.0 Å². The maximum Gasteiger partial charge on any atom is 0.187 e. The van der Waals surface area contributed by atoms with Gasteiger partial charge < -0.3 is 9.47 Å². The molecule has 0 saturated heterocycles. The van der Waals surface area contributed by atoms with Crippen LogP contribution in [0.25, 0.3) is 10.2 Å². The first-order valence-corrected chi connectivity index (χ1v) is 7.14. The molecule has 0 saturated carbocycles. The molecule has 4 rings (SSSR count). The van der Waals surface area contributed by atoms with Crippen LogP contribution in [0.1, 0.15) is 5.82 Å². The molecule has 6 nitrogen and oxygen atoms in total. The topological polar surface area (TPSA) is 59.7 Å². The van der Waals surface area contributed by atoms with Gasteiger partial charge in [-0.05, 0) is 0 Å². The van der Waals surface area contributed by atoms with Crippen LogP contribution in [0.15, 0.2) is 12.5 Å². The number of anilines is 1. The molecule has 0 amide bonds. The number of fused-ring (bicyclic) bond motifs is 2. The third kappa shape index (κ3) is 1.75. The Hall–Kier alpha value is -1.80. The van der Waals surface area contributed by atoms with E-state index in [2.05, 4.69) is 20.2 Å². The number of nitrogens with zero attached hydrogens (tertiary/aromatic N) is 6. The molecule has 0 radical (unpaired) electrons. The molecule has 0 aromatic carbocycles. The first-order chi connectivity index (χ1) is 9.72. The van der Waals surface area contributed by atoms with Crippen molar-refractivity contribution >= 4 is 38.3 Å². The average molecular weight is 311 g/mol. The van der Waals surface area contributed by atoms with Gasteiger partial charge in [0.25, 0.3) is 0 Å². The zero-order valence-corrected chi connectivity index (χ0v) is 11.7. The molecule has 9 heteroatoms. The molecule has 102 valence electrons. The van der Waals surface area contributed by atoms with Gasteiger partial charge in [-0.2, -0.15) is 0 Å². The molecule has 0 spiro atoms. The molecule has 1 aliphatic rings. The Morgan fingerprint density at radius 2 is 2.25 bits per heavy atom. The third-order valence-electron chi connectivity index (χ3n) is 3.23. The zero-order valence-electron chi connectivity index (χ0n) is 10.1. The van der Waals surface area contributed by atoms with E-state index < -0.39 is 5.82 Å². The Morgan fingerprint density at radius 1 is 1.35 bits per heavy atom. The summed E-state index contributed by atoms with van der Waals surface area (Å²) in [5.41, 5.74) is 0.275. The smallest absolute Gasteiger partial charge is 0.187 e. The van der Waals surface area contributed by atoms with Crippen LogP contribution >= 0.6 is 22.9 Å². The second kappa shape index (κ2) is 4.35. The molecular formula is C11H8ClFN6S. The first kappa shape index (κ1) is 12.0. The molecular weight excluding hydrogens is 303 g/mol. The van der Waals surface area contributed by atoms with Crippen LogP contribution in [-0.2, 0) is 13.1 Å². The number of aromatic nitrogens is 5. The van der Waals surface area contributed by atoms with Crippen molar-refractivity contribution in [2.45, 2.75) is 13.1 Å². The fourth-order valence-electron chi connectivity index (χ4n) is 2.21. The molecule has 20 heavy (non-hydrogen) atoms. The van der Waals surface area contributed by atoms with Gasteiger partial charge in [0.15, 0.2) is 16.8 Å². The SMILES string of the molecule is Fc1cnc(Cl)c2sc(N3CCn4cnnc4C3)nc12. The number of pyridine rings is 1. The predicted octanol–water partition coefficient (Wildman–Crippen LogP) is 2.10. The molecule has 0 atom stereocenters. The van der Waals surface area contributed by atoms with E-state index in [0.717, 1.165) is 30.2 Å². The summed E-state index contributed by atoms with van der Waals surface area (Å²) >= 11 is 7.34. The largest absolute Gasteiger partial charge is 0.339 e. The van der Waals surface area contributed by atoms with Gasteiger partial charge in [-0.15, -0.1) is 10.2 Å². The number of halogens is 2. The summed E-state index contributed by atoms with van der Waals surface area (Å²) < 4.78 is 16.3. The second-order valence-electron chi connectivity index (χ2n) is 4.43. The van der Waals surface area contributed by atoms with Crippen molar-refractivity contribution in [3.8, 4) is 0 Å². The van der Waals surface area contributed by atoms with Gasteiger partial charge in [0.05, 0.1) is 17.4 Å². The Balaban J connectivity index is 1.77. The Bertz CT molecular complexity index is 760. The van der Waals surface area contributed by atoms with Crippen molar-refractivity contribution in [3.63, 3.8) is 0 Å². The molecule has 0 bridgehead atoms. The highest BCUT2D eigenvalue weighted by Gasteiger charge is 2.22. The van der Waals surface area contributed by atoms with Crippen LogP contribution < -0.4 is 4.90 Å². The van der Waals surface area contributed by atoms with Gasteiger partial charge in [0, 0.05) is 13.1 Å². The molecule has 0 N–H and O–H groups in total. The molecule has 4 heterocycles. The van der Waals surface area contributed by atoms with Crippen molar-refractivity contribution in [3.05, 3.63) is 29.3 Å². The maximum atomic E-state index is 13.7. The van der Waals surface area contributed by atoms with Crippen LogP contribution in [0.3, 0.4) is 0 Å². The average Bonchev–Trinajstić information content (AvgIpc) is 3.08. The lowest BCUT2D eigenvalue weighted by Crippen LogP contribution is -2.33. The van der Waals surface area contributed by atoms with Crippen LogP contribution in [-0.4, -0.2) is 31.3 Å². The lowest BCUT2D eigenvalue weighted by Gasteiger charge is -2.26. The van der Waals surface area contributed by atoms with Gasteiger partial charge in [-0.25, -0.2) is 14.4 Å². The minimum atomic E-state index is -0.452. The van der Waals surface area contributed by atoms with Crippen molar-refractivity contribution in [1.82, 2.24) is 24.7 Å². The van der Waals surface area contributed by atoms with E-state index >= 15 is 0 Å². The monoisotopic (exact) mass is 310 g/mol. The third-order valence-corrected chi connectivity index (χ3v) is 4.75. The van der Waals surface area contributed by atoms with Gasteiger partial charge in [-0.1, -0.05) is 22.9 Å². The molecule has 3 aromatic rings. The van der Waals surface area contributed by atoms with Crippen LogP contribution in [0.5, 0.6) is 0 Å². The highest BCUT2D eigenvalue weighted by atomic mass is 35.5. The summed E-state index contributed by atoms with van der Waals surface area (Å²) in [6, 6.07) is 0. The Morgan fingerprint density at radius 3 is 3.10 bits per heavy atom. The number of rotatable bonds is 1. The van der Waals surface area contributed by atoms with E-state index in [1.54, 1.807) is 6.33 Å². The van der Waals surface area contributed by atoms with E-state index in [4.69, 9.17) is 11.6 Å². The minimum absolute atomic E-state index is 0.275. The van der Waals surface area contributed by atoms with Gasteiger partial charge >= 0.3 is 0 Å². The first-order valence-electron chi connectivity index (χ1n) is 5.94. The summed E-state index contributed by atoms with van der Waals surface area (Å²) in [6.07, 6.45) is 2.81. The van der Waals surface area contributed by atoms with Crippen LogP contribution in [0.4, 0.5) is 9.52 Å². The second-order valence-corrected chi connectivity index (χ2v) is 5.77. The van der Waals surface area contributed by atoms with Crippen molar-refractivity contribution < 1.29 is 4.39 Å². The van der Waals surface area contributed by atoms with E-state index in [1.165, 1.54) is 11.3 Å². The summed E-state index contributed by atoms with van der Waals surface area (Å²) in [7, 11) is 0. The van der Waals surface area contributed by atoms with E-state index in [1.807, 2.05) is 9.47 Å². The van der Waals surface area contributed by atoms with Crippen molar-refractivity contribution in [2.24, 2.45) is 0 Å². The van der Waals surface area contributed by atoms with Crippen LogP contribution in [0, 0.1) is 5.82 Å². The summed E-state index contributed by atoms with van der Waals surface area (Å²) in [5, 5.41) is 8.95. The lowest BCUT2D eigenvalue weighted by molar-refractivity contribution is 0.559. The highest BCUT2D eigenvalue weighted by molar-refractivity contribution is 7.22. The summed E-state index contributed by atoms with van der Waals surface area (Å²) in [5.74, 6) is 0.423. The Labute approximate surface area is 121 Å². The quantitative estimate of drug-likeness (QED) is 0.644. The molecule has 0 fully saturated rings. The standard InChI is InChI=1S/C11H8ClFN6S/c12-10-9-8(6(13)3-14-10)16-11(20-9)18-1-2-19-5-15-17-7(19)4-18/h3,5H,1-2,4H2. The van der Waals surface area contributed by atoms with E-state index in [0.29, 0.717) is 11.2 Å². The number of hydrogen-bond acceptors (Lipinski definition) is 6. The zero-order chi connectivity index (χ0) is 13.7. The van der Waals surface area contributed by atoms with Crippen molar-refractivity contribution in [2.75, 3.05) is 11.4 Å². The molecule has 0 unspecified atom stereocenters. The maximum absolute atomic E-state index is 13.7. The highest BCUT2D eigenvalue weighted by Crippen LogP contribution is 2.34. The molecule has 1 aliphatic heterocycles. The lowest BCUT2D eigenvalue weighted by atomic mass is 10.4. The summed E-state index contributed by atoms with van der Waals surface area (Å²) in [4.78, 5) is 10.2. The van der Waals surface area contributed by atoms with E-state index in [9.17, 15) is 4.39 Å². The van der Waals surface area contributed by atoms with Gasteiger partial charge in [-0.3, -0.25) is 0 Å². The number of hydrogen-bond donors (Lipinski definition) is 0. The fourth-order valence-corrected chi connectivity index (χ4v) is 3.44. The normalized spacial score (nSPS) is 14.8. The Kier molecular flexibility index (Phi) is 2.61. The van der Waals surface area contributed by atoms with Crippen molar-refractivity contribution in [1.29, 1.82) is 0 Å². The predicted molar refractivity (Wildman–Crippen MR) is 73.5 cm³/mol.